The number of hydrogen-bond donors (Lipinski definition) is 1. The normalized spacial score (nSPS) is 12.4. The molecule has 0 bridgehead atoms. The van der Waals surface area contributed by atoms with Gasteiger partial charge in [0.15, 0.2) is 0 Å². The van der Waals surface area contributed by atoms with Crippen molar-refractivity contribution < 1.29 is 10.1 Å². The summed E-state index contributed by atoms with van der Waals surface area (Å²) in [5.74, 6) is 0. The molecule has 0 radical (unpaired) electrons. The van der Waals surface area contributed by atoms with E-state index in [1.165, 1.54) is 0 Å². The van der Waals surface area contributed by atoms with Gasteiger partial charge in [-0.2, -0.15) is 0 Å². The summed E-state index contributed by atoms with van der Waals surface area (Å²) in [6, 6.07) is 0. The first kappa shape index (κ1) is 9.40. The van der Waals surface area contributed by atoms with Crippen LogP contribution in [0.5, 0.6) is 0 Å². The average molecular weight is 142 g/mol. The second-order valence-corrected chi connectivity index (χ2v) is 2.87. The molecule has 0 aromatic heterocycles. The standard InChI is InChI=1S/C8H14O2/c1-7(2)5-6-8(3,4)10-9/h5-6,9H,1H2,2-4H3/b6-5+. The zero-order valence-corrected chi connectivity index (χ0v) is 6.72. The van der Waals surface area contributed by atoms with Crippen LogP contribution >= 0.6 is 0 Å². The molecule has 0 rings (SSSR count). The predicted octanol–water partition coefficient (Wildman–Crippen LogP) is 2.39. The molecule has 0 aliphatic carbocycles. The number of rotatable bonds is 3. The summed E-state index contributed by atoms with van der Waals surface area (Å²) < 4.78 is 0. The molecular formula is C8H14O2. The summed E-state index contributed by atoms with van der Waals surface area (Å²) in [6.07, 6.45) is 3.55. The van der Waals surface area contributed by atoms with E-state index in [0.29, 0.717) is 0 Å². The van der Waals surface area contributed by atoms with Crippen LogP contribution in [-0.4, -0.2) is 10.9 Å². The maximum Gasteiger partial charge on any atom is 0.116 e. The summed E-state index contributed by atoms with van der Waals surface area (Å²) in [5, 5.41) is 8.33. The van der Waals surface area contributed by atoms with Crippen LogP contribution < -0.4 is 0 Å². The lowest BCUT2D eigenvalue weighted by Crippen LogP contribution is -2.18. The van der Waals surface area contributed by atoms with Crippen LogP contribution in [0.15, 0.2) is 24.3 Å². The van der Waals surface area contributed by atoms with Gasteiger partial charge in [-0.05, 0) is 26.8 Å². The molecule has 0 saturated heterocycles. The van der Waals surface area contributed by atoms with Crippen LogP contribution in [0.3, 0.4) is 0 Å². The second-order valence-electron chi connectivity index (χ2n) is 2.87. The minimum atomic E-state index is -0.612. The van der Waals surface area contributed by atoms with Gasteiger partial charge in [-0.25, -0.2) is 4.89 Å². The molecule has 2 heteroatoms. The molecule has 1 N–H and O–H groups in total. The molecule has 0 saturated carbocycles. The van der Waals surface area contributed by atoms with E-state index in [1.807, 2.05) is 6.92 Å². The molecule has 58 valence electrons. The highest BCUT2D eigenvalue weighted by Gasteiger charge is 2.12. The van der Waals surface area contributed by atoms with Crippen molar-refractivity contribution in [1.82, 2.24) is 0 Å². The fourth-order valence-corrected chi connectivity index (χ4v) is 0.373. The Balaban J connectivity index is 3.99. The van der Waals surface area contributed by atoms with Crippen molar-refractivity contribution in [1.29, 1.82) is 0 Å². The first-order valence-electron chi connectivity index (χ1n) is 3.15. The Morgan fingerprint density at radius 1 is 1.60 bits per heavy atom. The second kappa shape index (κ2) is 3.54. The highest BCUT2D eigenvalue weighted by atomic mass is 17.1. The summed E-state index contributed by atoms with van der Waals surface area (Å²) in [5.41, 5.74) is 0.323. The zero-order valence-electron chi connectivity index (χ0n) is 6.72. The average Bonchev–Trinajstić information content (AvgIpc) is 1.85. The Morgan fingerprint density at radius 3 is 2.40 bits per heavy atom. The Kier molecular flexibility index (Phi) is 3.33. The van der Waals surface area contributed by atoms with Crippen molar-refractivity contribution in [2.45, 2.75) is 26.4 Å². The van der Waals surface area contributed by atoms with Gasteiger partial charge in [0.05, 0.1) is 0 Å². The van der Waals surface area contributed by atoms with Crippen molar-refractivity contribution in [3.8, 4) is 0 Å². The Hall–Kier alpha value is -0.600. The first-order chi connectivity index (χ1) is 4.48. The number of hydrogen-bond acceptors (Lipinski definition) is 2. The van der Waals surface area contributed by atoms with Gasteiger partial charge in [0.2, 0.25) is 0 Å². The van der Waals surface area contributed by atoms with Crippen molar-refractivity contribution in [2.75, 3.05) is 0 Å². The molecule has 0 spiro atoms. The third-order valence-corrected chi connectivity index (χ3v) is 1.00. The van der Waals surface area contributed by atoms with Crippen LogP contribution in [0.1, 0.15) is 20.8 Å². The molecule has 0 amide bonds. The molecule has 0 unspecified atom stereocenters. The summed E-state index contributed by atoms with van der Waals surface area (Å²) in [6.45, 7) is 9.06. The lowest BCUT2D eigenvalue weighted by molar-refractivity contribution is -0.297. The van der Waals surface area contributed by atoms with Gasteiger partial charge in [-0.3, -0.25) is 5.26 Å². The Morgan fingerprint density at radius 2 is 2.10 bits per heavy atom. The lowest BCUT2D eigenvalue weighted by atomic mass is 10.1. The molecule has 0 heterocycles. The van der Waals surface area contributed by atoms with Crippen LogP contribution in [0.25, 0.3) is 0 Å². The Labute approximate surface area is 61.8 Å². The van der Waals surface area contributed by atoms with Crippen LogP contribution in [-0.2, 0) is 4.89 Å². The summed E-state index contributed by atoms with van der Waals surface area (Å²) in [4.78, 5) is 4.16. The molecule has 0 aromatic rings. The zero-order chi connectivity index (χ0) is 8.20. The van der Waals surface area contributed by atoms with Crippen molar-refractivity contribution in [3.63, 3.8) is 0 Å². The van der Waals surface area contributed by atoms with Gasteiger partial charge in [0, 0.05) is 0 Å². The monoisotopic (exact) mass is 142 g/mol. The molecular weight excluding hydrogens is 128 g/mol. The van der Waals surface area contributed by atoms with Gasteiger partial charge in [-0.15, -0.1) is 0 Å². The van der Waals surface area contributed by atoms with Crippen molar-refractivity contribution in [3.05, 3.63) is 24.3 Å². The fraction of sp³-hybridized carbons (Fsp3) is 0.500. The van der Waals surface area contributed by atoms with E-state index in [9.17, 15) is 0 Å². The van der Waals surface area contributed by atoms with Gasteiger partial charge in [0.1, 0.15) is 5.60 Å². The van der Waals surface area contributed by atoms with E-state index >= 15 is 0 Å². The fourth-order valence-electron chi connectivity index (χ4n) is 0.373. The van der Waals surface area contributed by atoms with E-state index in [-0.39, 0.29) is 0 Å². The molecule has 0 atom stereocenters. The maximum atomic E-state index is 8.33. The van der Waals surface area contributed by atoms with E-state index in [2.05, 4.69) is 11.5 Å². The molecule has 0 fully saturated rings. The SMILES string of the molecule is C=C(C)/C=C/C(C)(C)OO. The van der Waals surface area contributed by atoms with Gasteiger partial charge < -0.3 is 0 Å². The van der Waals surface area contributed by atoms with E-state index < -0.39 is 5.60 Å². The first-order valence-corrected chi connectivity index (χ1v) is 3.15. The van der Waals surface area contributed by atoms with Crippen molar-refractivity contribution >= 4 is 0 Å². The van der Waals surface area contributed by atoms with Crippen LogP contribution in [0, 0.1) is 0 Å². The predicted molar refractivity (Wildman–Crippen MR) is 41.7 cm³/mol. The molecule has 0 aromatic carbocycles. The third-order valence-electron chi connectivity index (χ3n) is 1.00. The topological polar surface area (TPSA) is 29.5 Å². The maximum absolute atomic E-state index is 8.33. The van der Waals surface area contributed by atoms with Gasteiger partial charge in [-0.1, -0.05) is 18.2 Å². The quantitative estimate of drug-likeness (QED) is 0.372. The molecule has 2 nitrogen and oxygen atoms in total. The largest absolute Gasteiger partial charge is 0.251 e. The third kappa shape index (κ3) is 4.30. The van der Waals surface area contributed by atoms with E-state index in [4.69, 9.17) is 5.26 Å². The summed E-state index contributed by atoms with van der Waals surface area (Å²) >= 11 is 0. The number of allylic oxidation sites excluding steroid dienone is 2. The molecule has 0 aliphatic heterocycles. The van der Waals surface area contributed by atoms with Crippen LogP contribution in [0.2, 0.25) is 0 Å². The van der Waals surface area contributed by atoms with E-state index in [1.54, 1.807) is 26.0 Å². The minimum absolute atomic E-state index is 0.612. The highest BCUT2D eigenvalue weighted by molar-refractivity contribution is 5.14. The summed E-state index contributed by atoms with van der Waals surface area (Å²) in [7, 11) is 0. The molecule has 10 heavy (non-hydrogen) atoms. The van der Waals surface area contributed by atoms with Gasteiger partial charge >= 0.3 is 0 Å². The minimum Gasteiger partial charge on any atom is -0.251 e. The van der Waals surface area contributed by atoms with E-state index in [0.717, 1.165) is 5.57 Å². The lowest BCUT2D eigenvalue weighted by Gasteiger charge is -2.14. The highest BCUT2D eigenvalue weighted by Crippen LogP contribution is 2.09. The Bertz CT molecular complexity index is 145. The van der Waals surface area contributed by atoms with Crippen LogP contribution in [0.4, 0.5) is 0 Å². The molecule has 0 aliphatic rings. The van der Waals surface area contributed by atoms with Gasteiger partial charge in [0.25, 0.3) is 0 Å². The smallest absolute Gasteiger partial charge is 0.116 e. The van der Waals surface area contributed by atoms with Crippen molar-refractivity contribution in [2.24, 2.45) is 0 Å².